The van der Waals surface area contributed by atoms with Crippen molar-refractivity contribution in [2.45, 2.75) is 19.8 Å². The highest BCUT2D eigenvalue weighted by Gasteiger charge is 2.24. The molecule has 1 amide bonds. The quantitative estimate of drug-likeness (QED) is 0.413. The summed E-state index contributed by atoms with van der Waals surface area (Å²) < 4.78 is 1.76. The van der Waals surface area contributed by atoms with Gasteiger partial charge in [0.05, 0.1) is 11.4 Å². The summed E-state index contributed by atoms with van der Waals surface area (Å²) >= 11 is 6.05. The van der Waals surface area contributed by atoms with Crippen molar-refractivity contribution in [3.63, 3.8) is 0 Å². The Labute approximate surface area is 187 Å². The van der Waals surface area contributed by atoms with Gasteiger partial charge in [-0.3, -0.25) is 4.79 Å². The van der Waals surface area contributed by atoms with E-state index in [9.17, 15) is 10.1 Å². The van der Waals surface area contributed by atoms with Gasteiger partial charge in [-0.05, 0) is 49.1 Å². The van der Waals surface area contributed by atoms with E-state index < -0.39 is 0 Å². The molecule has 2 aromatic carbocycles. The SMILES string of the molecule is CC1CCN(C(=O)C(C#N)=Cc2cn(-c3ccccc3)nc2-c2ccc(Cl)cc2)CC1. The van der Waals surface area contributed by atoms with E-state index in [0.29, 0.717) is 35.3 Å². The molecule has 0 radical (unpaired) electrons. The standard InChI is InChI=1S/C25H23ClN4O/c1-18-11-13-29(14-12-18)25(31)20(16-27)15-21-17-30(23-5-3-2-4-6-23)28-24(21)19-7-9-22(26)10-8-19/h2-10,15,17-18H,11-14H2,1H3. The van der Waals surface area contributed by atoms with E-state index >= 15 is 0 Å². The predicted octanol–water partition coefficient (Wildman–Crippen LogP) is 5.36. The van der Waals surface area contributed by atoms with Gasteiger partial charge in [-0.15, -0.1) is 0 Å². The fraction of sp³-hybridized carbons (Fsp3) is 0.240. The highest BCUT2D eigenvalue weighted by Crippen LogP contribution is 2.27. The van der Waals surface area contributed by atoms with Gasteiger partial charge < -0.3 is 4.90 Å². The predicted molar refractivity (Wildman–Crippen MR) is 123 cm³/mol. The lowest BCUT2D eigenvalue weighted by Crippen LogP contribution is -2.38. The minimum absolute atomic E-state index is 0.123. The Morgan fingerprint density at radius 3 is 2.45 bits per heavy atom. The van der Waals surface area contributed by atoms with Crippen LogP contribution < -0.4 is 0 Å². The molecule has 3 aromatic rings. The number of carbonyl (C=O) groups excluding carboxylic acids is 1. The molecule has 31 heavy (non-hydrogen) atoms. The van der Waals surface area contributed by atoms with Crippen LogP contribution >= 0.6 is 11.6 Å². The summed E-state index contributed by atoms with van der Waals surface area (Å²) in [5.41, 5.74) is 3.28. The molecule has 1 saturated heterocycles. The molecule has 6 heteroatoms. The molecule has 0 bridgehead atoms. The molecule has 2 heterocycles. The van der Waals surface area contributed by atoms with Gasteiger partial charge in [-0.2, -0.15) is 10.4 Å². The van der Waals surface area contributed by atoms with Crippen LogP contribution in [0.15, 0.2) is 66.4 Å². The smallest absolute Gasteiger partial charge is 0.264 e. The van der Waals surface area contributed by atoms with Crippen LogP contribution in [-0.2, 0) is 4.79 Å². The third kappa shape index (κ3) is 4.70. The monoisotopic (exact) mass is 430 g/mol. The number of rotatable bonds is 4. The third-order valence-electron chi connectivity index (χ3n) is 5.60. The van der Waals surface area contributed by atoms with Gasteiger partial charge in [0.25, 0.3) is 5.91 Å². The van der Waals surface area contributed by atoms with Gasteiger partial charge in [-0.25, -0.2) is 4.68 Å². The number of para-hydroxylation sites is 1. The van der Waals surface area contributed by atoms with E-state index in [4.69, 9.17) is 16.7 Å². The van der Waals surface area contributed by atoms with Crippen LogP contribution in [0.5, 0.6) is 0 Å². The Hall–Kier alpha value is -3.36. The number of likely N-dealkylation sites (tertiary alicyclic amines) is 1. The van der Waals surface area contributed by atoms with Crippen molar-refractivity contribution in [2.24, 2.45) is 5.92 Å². The number of benzene rings is 2. The fourth-order valence-electron chi connectivity index (χ4n) is 3.72. The fourth-order valence-corrected chi connectivity index (χ4v) is 3.84. The second-order valence-electron chi connectivity index (χ2n) is 7.86. The second kappa shape index (κ2) is 9.20. The first-order valence-electron chi connectivity index (χ1n) is 10.4. The lowest BCUT2D eigenvalue weighted by Gasteiger charge is -2.30. The van der Waals surface area contributed by atoms with Crippen molar-refractivity contribution >= 4 is 23.6 Å². The maximum absolute atomic E-state index is 13.0. The Bertz CT molecular complexity index is 1130. The molecule has 0 atom stereocenters. The number of hydrogen-bond acceptors (Lipinski definition) is 3. The highest BCUT2D eigenvalue weighted by atomic mass is 35.5. The lowest BCUT2D eigenvalue weighted by molar-refractivity contribution is -0.127. The van der Waals surface area contributed by atoms with Gasteiger partial charge in [0, 0.05) is 35.4 Å². The van der Waals surface area contributed by atoms with Crippen molar-refractivity contribution in [1.29, 1.82) is 5.26 Å². The number of amides is 1. The van der Waals surface area contributed by atoms with E-state index in [1.54, 1.807) is 27.8 Å². The number of nitrogens with zero attached hydrogens (tertiary/aromatic N) is 4. The van der Waals surface area contributed by atoms with Crippen LogP contribution in [0.4, 0.5) is 0 Å². The summed E-state index contributed by atoms with van der Waals surface area (Å²) in [4.78, 5) is 14.8. The van der Waals surface area contributed by atoms with E-state index in [2.05, 4.69) is 13.0 Å². The average molecular weight is 431 g/mol. The summed E-state index contributed by atoms with van der Waals surface area (Å²) in [6.07, 6.45) is 5.43. The topological polar surface area (TPSA) is 61.9 Å². The summed E-state index contributed by atoms with van der Waals surface area (Å²) in [6, 6.07) is 19.2. The van der Waals surface area contributed by atoms with Crippen LogP contribution in [0, 0.1) is 17.2 Å². The van der Waals surface area contributed by atoms with Gasteiger partial charge in [-0.1, -0.05) is 48.9 Å². The second-order valence-corrected chi connectivity index (χ2v) is 8.30. The molecule has 0 unspecified atom stereocenters. The van der Waals surface area contributed by atoms with Crippen LogP contribution in [0.25, 0.3) is 23.0 Å². The van der Waals surface area contributed by atoms with Gasteiger partial charge in [0.15, 0.2) is 0 Å². The minimum atomic E-state index is -0.219. The Morgan fingerprint density at radius 2 is 1.81 bits per heavy atom. The van der Waals surface area contributed by atoms with Crippen molar-refractivity contribution in [3.05, 3.63) is 77.0 Å². The molecule has 0 aliphatic carbocycles. The zero-order chi connectivity index (χ0) is 21.8. The zero-order valence-corrected chi connectivity index (χ0v) is 18.1. The maximum atomic E-state index is 13.0. The molecule has 4 rings (SSSR count). The molecule has 1 fully saturated rings. The molecule has 1 aromatic heterocycles. The molecule has 0 saturated carbocycles. The largest absolute Gasteiger partial charge is 0.338 e. The van der Waals surface area contributed by atoms with Gasteiger partial charge >= 0.3 is 0 Å². The maximum Gasteiger partial charge on any atom is 0.264 e. The third-order valence-corrected chi connectivity index (χ3v) is 5.85. The molecule has 0 spiro atoms. The van der Waals surface area contributed by atoms with E-state index in [1.807, 2.05) is 48.7 Å². The van der Waals surface area contributed by atoms with Crippen molar-refractivity contribution < 1.29 is 4.79 Å². The van der Waals surface area contributed by atoms with E-state index in [0.717, 1.165) is 24.1 Å². The van der Waals surface area contributed by atoms with Crippen molar-refractivity contribution in [2.75, 3.05) is 13.1 Å². The summed E-state index contributed by atoms with van der Waals surface area (Å²) in [6.45, 7) is 3.57. The molecule has 1 aliphatic rings. The Balaban J connectivity index is 1.74. The van der Waals surface area contributed by atoms with Crippen LogP contribution in [0.1, 0.15) is 25.3 Å². The molecule has 156 valence electrons. The average Bonchev–Trinajstić information content (AvgIpc) is 3.22. The Morgan fingerprint density at radius 1 is 1.13 bits per heavy atom. The molecule has 0 N–H and O–H groups in total. The molecule has 5 nitrogen and oxygen atoms in total. The summed E-state index contributed by atoms with van der Waals surface area (Å²) in [7, 11) is 0. The number of piperidine rings is 1. The number of halogens is 1. The first kappa shape index (κ1) is 20.9. The first-order valence-corrected chi connectivity index (χ1v) is 10.7. The van der Waals surface area contributed by atoms with Crippen LogP contribution in [0.2, 0.25) is 5.02 Å². The van der Waals surface area contributed by atoms with Crippen LogP contribution in [-0.4, -0.2) is 33.7 Å². The minimum Gasteiger partial charge on any atom is -0.338 e. The highest BCUT2D eigenvalue weighted by molar-refractivity contribution is 6.30. The number of hydrogen-bond donors (Lipinski definition) is 0. The number of carbonyl (C=O) groups is 1. The molecule has 1 aliphatic heterocycles. The van der Waals surface area contributed by atoms with Crippen molar-refractivity contribution in [1.82, 2.24) is 14.7 Å². The van der Waals surface area contributed by atoms with Crippen LogP contribution in [0.3, 0.4) is 0 Å². The molecular weight excluding hydrogens is 408 g/mol. The van der Waals surface area contributed by atoms with Gasteiger partial charge in [0.2, 0.25) is 0 Å². The first-order chi connectivity index (χ1) is 15.0. The number of nitriles is 1. The van der Waals surface area contributed by atoms with Gasteiger partial charge in [0.1, 0.15) is 11.6 Å². The van der Waals surface area contributed by atoms with Crippen molar-refractivity contribution in [3.8, 4) is 23.0 Å². The van der Waals surface area contributed by atoms with E-state index in [1.165, 1.54) is 0 Å². The zero-order valence-electron chi connectivity index (χ0n) is 17.3. The summed E-state index contributed by atoms with van der Waals surface area (Å²) in [5, 5.41) is 15.1. The summed E-state index contributed by atoms with van der Waals surface area (Å²) in [5.74, 6) is 0.392. The molecular formula is C25H23ClN4O. The lowest BCUT2D eigenvalue weighted by atomic mass is 9.98. The Kier molecular flexibility index (Phi) is 6.20. The van der Waals surface area contributed by atoms with E-state index in [-0.39, 0.29) is 11.5 Å². The normalized spacial score (nSPS) is 15.0. The number of aromatic nitrogens is 2.